The first-order valence-corrected chi connectivity index (χ1v) is 12.8. The maximum atomic E-state index is 13.7. The van der Waals surface area contributed by atoms with Crippen molar-refractivity contribution in [1.82, 2.24) is 9.88 Å². The number of hydrogen-bond acceptors (Lipinski definition) is 8. The molecule has 3 saturated heterocycles. The van der Waals surface area contributed by atoms with Crippen molar-refractivity contribution in [3.05, 3.63) is 30.4 Å². The average molecular weight is 498 g/mol. The summed E-state index contributed by atoms with van der Waals surface area (Å²) in [6, 6.07) is 5.66. The minimum atomic E-state index is -0.805. The Morgan fingerprint density at radius 1 is 1.29 bits per heavy atom. The van der Waals surface area contributed by atoms with E-state index in [-0.39, 0.29) is 23.7 Å². The number of benzene rings is 1. The standard InChI is InChI=1S/C25H27N3O6S/c1-3-33-23(31)14-7-10-27(11-8-14)21(29)19-17-6-9-25(34-17)13-28(22(30)20(19)25)24-26-16-12-15(32-2)4-5-18(16)35-24/h4-6,9,12,14,17,19-20H,3,7-8,10-11,13H2,1-2H3/t17-,19-,20+,25-/m1/s1. The molecule has 6 rings (SSSR count). The van der Waals surface area contributed by atoms with Crippen LogP contribution in [-0.4, -0.2) is 72.7 Å². The number of methoxy groups -OCH3 is 1. The van der Waals surface area contributed by atoms with Crippen LogP contribution in [0.3, 0.4) is 0 Å². The minimum absolute atomic E-state index is 0.0715. The number of likely N-dealkylation sites (tertiary alicyclic amines) is 1. The summed E-state index contributed by atoms with van der Waals surface area (Å²) in [4.78, 5) is 47.6. The number of hydrogen-bond donors (Lipinski definition) is 0. The van der Waals surface area contributed by atoms with Gasteiger partial charge in [0.1, 0.15) is 11.4 Å². The Morgan fingerprint density at radius 3 is 2.83 bits per heavy atom. The van der Waals surface area contributed by atoms with Gasteiger partial charge >= 0.3 is 5.97 Å². The van der Waals surface area contributed by atoms with E-state index in [1.807, 2.05) is 30.4 Å². The second-order valence-corrected chi connectivity index (χ2v) is 10.5. The summed E-state index contributed by atoms with van der Waals surface area (Å²) in [5, 5.41) is 0.601. The van der Waals surface area contributed by atoms with Crippen molar-refractivity contribution in [3.63, 3.8) is 0 Å². The van der Waals surface area contributed by atoms with Gasteiger partial charge < -0.3 is 19.1 Å². The van der Waals surface area contributed by atoms with E-state index in [4.69, 9.17) is 14.2 Å². The number of anilines is 1. The molecule has 35 heavy (non-hydrogen) atoms. The van der Waals surface area contributed by atoms with Crippen molar-refractivity contribution in [1.29, 1.82) is 0 Å². The van der Waals surface area contributed by atoms with E-state index < -0.39 is 23.5 Å². The van der Waals surface area contributed by atoms with Gasteiger partial charge in [-0.15, -0.1) is 0 Å². The van der Waals surface area contributed by atoms with Gasteiger partial charge in [0.25, 0.3) is 0 Å². The number of aromatic nitrogens is 1. The molecule has 0 unspecified atom stereocenters. The van der Waals surface area contributed by atoms with Gasteiger partial charge in [0.2, 0.25) is 11.8 Å². The number of amides is 2. The van der Waals surface area contributed by atoms with Crippen LogP contribution in [0.15, 0.2) is 30.4 Å². The molecule has 1 aromatic carbocycles. The van der Waals surface area contributed by atoms with E-state index in [1.165, 1.54) is 11.3 Å². The maximum Gasteiger partial charge on any atom is 0.309 e. The number of carbonyl (C=O) groups is 3. The lowest BCUT2D eigenvalue weighted by atomic mass is 9.76. The van der Waals surface area contributed by atoms with Gasteiger partial charge in [0.15, 0.2) is 5.13 Å². The van der Waals surface area contributed by atoms with E-state index in [0.717, 1.165) is 10.2 Å². The van der Waals surface area contributed by atoms with Gasteiger partial charge in [-0.25, -0.2) is 4.98 Å². The highest BCUT2D eigenvalue weighted by Crippen LogP contribution is 2.53. The predicted molar refractivity (Wildman–Crippen MR) is 128 cm³/mol. The Morgan fingerprint density at radius 2 is 2.09 bits per heavy atom. The van der Waals surface area contributed by atoms with Gasteiger partial charge in [-0.3, -0.25) is 19.3 Å². The van der Waals surface area contributed by atoms with Crippen LogP contribution in [0.2, 0.25) is 0 Å². The lowest BCUT2D eigenvalue weighted by Crippen LogP contribution is -2.49. The van der Waals surface area contributed by atoms with Crippen molar-refractivity contribution < 1.29 is 28.6 Å². The zero-order chi connectivity index (χ0) is 24.3. The molecule has 0 aliphatic carbocycles. The van der Waals surface area contributed by atoms with Crippen LogP contribution >= 0.6 is 11.3 Å². The monoisotopic (exact) mass is 497 g/mol. The van der Waals surface area contributed by atoms with Crippen LogP contribution in [-0.2, 0) is 23.9 Å². The lowest BCUT2D eigenvalue weighted by Gasteiger charge is -2.34. The molecular weight excluding hydrogens is 470 g/mol. The van der Waals surface area contributed by atoms with Crippen molar-refractivity contribution in [3.8, 4) is 5.75 Å². The Kier molecular flexibility index (Phi) is 5.33. The van der Waals surface area contributed by atoms with Crippen LogP contribution in [0, 0.1) is 17.8 Å². The summed E-state index contributed by atoms with van der Waals surface area (Å²) < 4.78 is 17.7. The van der Waals surface area contributed by atoms with E-state index in [1.54, 1.807) is 23.8 Å². The summed E-state index contributed by atoms with van der Waals surface area (Å²) in [5.41, 5.74) is -0.0366. The first-order valence-electron chi connectivity index (χ1n) is 12.0. The number of thiazole rings is 1. The molecule has 184 valence electrons. The van der Waals surface area contributed by atoms with E-state index >= 15 is 0 Å². The molecule has 0 N–H and O–H groups in total. The van der Waals surface area contributed by atoms with Gasteiger partial charge in [0, 0.05) is 19.2 Å². The predicted octanol–water partition coefficient (Wildman–Crippen LogP) is 2.39. The topological polar surface area (TPSA) is 98.3 Å². The normalized spacial score (nSPS) is 29.8. The fraction of sp³-hybridized carbons (Fsp3) is 0.520. The van der Waals surface area contributed by atoms with Crippen molar-refractivity contribution >= 4 is 44.5 Å². The molecule has 4 aliphatic rings. The van der Waals surface area contributed by atoms with Crippen LogP contribution in [0.5, 0.6) is 5.75 Å². The van der Waals surface area contributed by atoms with E-state index in [2.05, 4.69) is 4.98 Å². The third kappa shape index (κ3) is 3.45. The summed E-state index contributed by atoms with van der Waals surface area (Å²) in [6.07, 6.45) is 4.62. The Bertz CT molecular complexity index is 1240. The highest BCUT2D eigenvalue weighted by molar-refractivity contribution is 7.22. The molecule has 0 radical (unpaired) electrons. The molecule has 0 saturated carbocycles. The molecule has 4 aliphatic heterocycles. The van der Waals surface area contributed by atoms with Gasteiger partial charge in [-0.05, 0) is 31.9 Å². The zero-order valence-electron chi connectivity index (χ0n) is 19.6. The second-order valence-electron chi connectivity index (χ2n) is 9.51. The van der Waals surface area contributed by atoms with Gasteiger partial charge in [0.05, 0.1) is 54.3 Å². The molecule has 9 nitrogen and oxygen atoms in total. The summed E-state index contributed by atoms with van der Waals surface area (Å²) in [5.74, 6) is -0.997. The number of rotatable bonds is 5. The highest BCUT2D eigenvalue weighted by atomic mass is 32.1. The third-order valence-corrected chi connectivity index (χ3v) is 8.69. The lowest BCUT2D eigenvalue weighted by molar-refractivity contribution is -0.152. The summed E-state index contributed by atoms with van der Waals surface area (Å²) in [6.45, 7) is 3.45. The summed E-state index contributed by atoms with van der Waals surface area (Å²) in [7, 11) is 1.61. The first kappa shape index (κ1) is 22.5. The Hall–Kier alpha value is -2.98. The molecule has 5 heterocycles. The Balaban J connectivity index is 1.22. The number of nitrogens with zero attached hydrogens (tertiary/aromatic N) is 3. The number of fused-ring (bicyclic) bond motifs is 2. The molecule has 1 aromatic heterocycles. The van der Waals surface area contributed by atoms with Crippen LogP contribution in [0.25, 0.3) is 10.2 Å². The van der Waals surface area contributed by atoms with Crippen molar-refractivity contribution in [2.24, 2.45) is 17.8 Å². The Labute approximate surface area is 206 Å². The summed E-state index contributed by atoms with van der Waals surface area (Å²) >= 11 is 1.44. The average Bonchev–Trinajstić information content (AvgIpc) is 3.62. The van der Waals surface area contributed by atoms with Crippen molar-refractivity contribution in [2.75, 3.05) is 38.3 Å². The molecule has 10 heteroatoms. The molecule has 2 bridgehead atoms. The van der Waals surface area contributed by atoms with E-state index in [0.29, 0.717) is 50.0 Å². The number of carbonyl (C=O) groups excluding carboxylic acids is 3. The van der Waals surface area contributed by atoms with Crippen LogP contribution in [0.1, 0.15) is 19.8 Å². The van der Waals surface area contributed by atoms with Crippen LogP contribution in [0.4, 0.5) is 5.13 Å². The SMILES string of the molecule is CCOC(=O)C1CCN(C(=O)[C@H]2[C@H]3C(=O)N(c4nc5cc(OC)ccc5s4)C[C@]34C=C[C@H]2O4)CC1. The zero-order valence-corrected chi connectivity index (χ0v) is 20.5. The smallest absolute Gasteiger partial charge is 0.309 e. The fourth-order valence-electron chi connectivity index (χ4n) is 5.89. The quantitative estimate of drug-likeness (QED) is 0.462. The largest absolute Gasteiger partial charge is 0.497 e. The molecular formula is C25H27N3O6S. The highest BCUT2D eigenvalue weighted by Gasteiger charge is 2.67. The molecule has 4 atom stereocenters. The number of esters is 1. The fourth-order valence-corrected chi connectivity index (χ4v) is 6.84. The number of piperidine rings is 1. The maximum absolute atomic E-state index is 13.7. The number of ether oxygens (including phenoxy) is 3. The first-order chi connectivity index (χ1) is 16.9. The van der Waals surface area contributed by atoms with Gasteiger partial charge in [-0.1, -0.05) is 23.5 Å². The second kappa shape index (κ2) is 8.30. The third-order valence-electron chi connectivity index (χ3n) is 7.63. The van der Waals surface area contributed by atoms with Crippen LogP contribution < -0.4 is 9.64 Å². The molecule has 2 aromatic rings. The molecule has 2 amide bonds. The molecule has 3 fully saturated rings. The van der Waals surface area contributed by atoms with Gasteiger partial charge in [-0.2, -0.15) is 0 Å². The molecule has 1 spiro atoms. The minimum Gasteiger partial charge on any atom is -0.497 e. The van der Waals surface area contributed by atoms with Crippen molar-refractivity contribution in [2.45, 2.75) is 31.5 Å². The van der Waals surface area contributed by atoms with E-state index in [9.17, 15) is 14.4 Å².